The van der Waals surface area contributed by atoms with Gasteiger partial charge in [0.2, 0.25) is 0 Å². The molecule has 112 valence electrons. The summed E-state index contributed by atoms with van der Waals surface area (Å²) >= 11 is 0. The van der Waals surface area contributed by atoms with Crippen LogP contribution in [0, 0.1) is 0 Å². The van der Waals surface area contributed by atoms with Crippen LogP contribution in [0.25, 0.3) is 0 Å². The highest BCUT2D eigenvalue weighted by molar-refractivity contribution is 7.91. The normalized spacial score (nSPS) is 23.6. The lowest BCUT2D eigenvalue weighted by molar-refractivity contribution is 0.373. The molecule has 0 spiro atoms. The minimum atomic E-state index is -2.97. The van der Waals surface area contributed by atoms with Crippen molar-refractivity contribution < 1.29 is 13.5 Å². The van der Waals surface area contributed by atoms with E-state index in [-0.39, 0.29) is 17.0 Å². The number of benzene rings is 1. The van der Waals surface area contributed by atoms with Gasteiger partial charge in [-0.3, -0.25) is 0 Å². The van der Waals surface area contributed by atoms with Gasteiger partial charge in [0, 0.05) is 12.3 Å². The second kappa shape index (κ2) is 6.59. The van der Waals surface area contributed by atoms with Crippen LogP contribution >= 0.6 is 0 Å². The zero-order valence-electron chi connectivity index (χ0n) is 11.9. The molecule has 0 amide bonds. The molecule has 5 heteroatoms. The van der Waals surface area contributed by atoms with Gasteiger partial charge in [0.05, 0.1) is 5.25 Å². The van der Waals surface area contributed by atoms with Crippen molar-refractivity contribution in [3.63, 3.8) is 0 Å². The SMILES string of the molecule is CS(=O)(=O)C1CCCCC1NCCc1ccc(O)cc1. The van der Waals surface area contributed by atoms with E-state index in [2.05, 4.69) is 5.32 Å². The number of hydrogen-bond donors (Lipinski definition) is 2. The minimum absolute atomic E-state index is 0.0795. The summed E-state index contributed by atoms with van der Waals surface area (Å²) in [5.41, 5.74) is 1.14. The second-order valence-corrected chi connectivity index (χ2v) is 7.89. The Balaban J connectivity index is 1.87. The van der Waals surface area contributed by atoms with Crippen molar-refractivity contribution >= 4 is 9.84 Å². The summed E-state index contributed by atoms with van der Waals surface area (Å²) in [7, 11) is -2.97. The molecule has 0 bridgehead atoms. The van der Waals surface area contributed by atoms with Gasteiger partial charge in [-0.1, -0.05) is 25.0 Å². The largest absolute Gasteiger partial charge is 0.508 e. The molecule has 4 nitrogen and oxygen atoms in total. The Morgan fingerprint density at radius 1 is 1.20 bits per heavy atom. The first-order chi connectivity index (χ1) is 9.47. The Bertz CT molecular complexity index is 525. The maximum absolute atomic E-state index is 11.8. The van der Waals surface area contributed by atoms with E-state index in [0.717, 1.165) is 44.2 Å². The van der Waals surface area contributed by atoms with E-state index < -0.39 is 9.84 Å². The van der Waals surface area contributed by atoms with Crippen LogP contribution in [0.3, 0.4) is 0 Å². The van der Waals surface area contributed by atoms with Crippen molar-refractivity contribution in [2.24, 2.45) is 0 Å². The van der Waals surface area contributed by atoms with Gasteiger partial charge < -0.3 is 10.4 Å². The molecular weight excluding hydrogens is 274 g/mol. The molecule has 2 atom stereocenters. The quantitative estimate of drug-likeness (QED) is 0.871. The molecule has 0 aromatic heterocycles. The number of phenolic OH excluding ortho intramolecular Hbond substituents is 1. The van der Waals surface area contributed by atoms with Gasteiger partial charge in [0.15, 0.2) is 9.84 Å². The molecule has 1 aliphatic carbocycles. The molecule has 1 aromatic carbocycles. The second-order valence-electron chi connectivity index (χ2n) is 5.63. The molecule has 1 fully saturated rings. The van der Waals surface area contributed by atoms with Crippen LogP contribution < -0.4 is 5.32 Å². The predicted molar refractivity (Wildman–Crippen MR) is 80.7 cm³/mol. The van der Waals surface area contributed by atoms with Crippen molar-refractivity contribution in [1.29, 1.82) is 0 Å². The number of rotatable bonds is 5. The molecule has 2 rings (SSSR count). The molecule has 1 aliphatic rings. The first kappa shape index (κ1) is 15.3. The fraction of sp³-hybridized carbons (Fsp3) is 0.600. The summed E-state index contributed by atoms with van der Waals surface area (Å²) in [6, 6.07) is 7.22. The van der Waals surface area contributed by atoms with Crippen LogP contribution in [0.1, 0.15) is 31.2 Å². The van der Waals surface area contributed by atoms with E-state index in [0.29, 0.717) is 0 Å². The van der Waals surface area contributed by atoms with Gasteiger partial charge in [-0.15, -0.1) is 0 Å². The number of nitrogens with one attached hydrogen (secondary N) is 1. The predicted octanol–water partition coefficient (Wildman–Crippen LogP) is 1.88. The highest BCUT2D eigenvalue weighted by Gasteiger charge is 2.32. The highest BCUT2D eigenvalue weighted by Crippen LogP contribution is 2.24. The van der Waals surface area contributed by atoms with E-state index in [4.69, 9.17) is 0 Å². The van der Waals surface area contributed by atoms with Crippen LogP contribution in [0.5, 0.6) is 5.75 Å². The lowest BCUT2D eigenvalue weighted by atomic mass is 9.94. The zero-order valence-corrected chi connectivity index (χ0v) is 12.7. The van der Waals surface area contributed by atoms with E-state index in [1.807, 2.05) is 12.1 Å². The third-order valence-corrected chi connectivity index (χ3v) is 5.67. The third kappa shape index (κ3) is 4.21. The van der Waals surface area contributed by atoms with Crippen molar-refractivity contribution in [2.45, 2.75) is 43.4 Å². The topological polar surface area (TPSA) is 66.4 Å². The molecule has 1 saturated carbocycles. The van der Waals surface area contributed by atoms with E-state index in [1.54, 1.807) is 12.1 Å². The number of phenols is 1. The Hall–Kier alpha value is -1.07. The first-order valence-corrected chi connectivity index (χ1v) is 9.12. The summed E-state index contributed by atoms with van der Waals surface area (Å²) < 4.78 is 23.6. The zero-order chi connectivity index (χ0) is 14.6. The molecular formula is C15H23NO3S. The summed E-state index contributed by atoms with van der Waals surface area (Å²) in [5, 5.41) is 12.4. The molecule has 0 radical (unpaired) electrons. The molecule has 20 heavy (non-hydrogen) atoms. The Kier molecular flexibility index (Phi) is 5.05. The summed E-state index contributed by atoms with van der Waals surface area (Å²) in [4.78, 5) is 0. The maximum Gasteiger partial charge on any atom is 0.151 e. The van der Waals surface area contributed by atoms with Crippen LogP contribution in [-0.2, 0) is 16.3 Å². The number of sulfone groups is 1. The average Bonchev–Trinajstić information content (AvgIpc) is 2.40. The van der Waals surface area contributed by atoms with Crippen LogP contribution in [0.2, 0.25) is 0 Å². The summed E-state index contributed by atoms with van der Waals surface area (Å²) in [6.45, 7) is 0.765. The first-order valence-electron chi connectivity index (χ1n) is 7.17. The Morgan fingerprint density at radius 2 is 1.85 bits per heavy atom. The smallest absolute Gasteiger partial charge is 0.151 e. The van der Waals surface area contributed by atoms with Gasteiger partial charge in [-0.25, -0.2) is 8.42 Å². The van der Waals surface area contributed by atoms with Crippen molar-refractivity contribution in [1.82, 2.24) is 5.32 Å². The lowest BCUT2D eigenvalue weighted by Crippen LogP contribution is -2.46. The molecule has 1 aromatic rings. The summed E-state index contributed by atoms with van der Waals surface area (Å²) in [6.07, 6.45) is 6.00. The minimum Gasteiger partial charge on any atom is -0.508 e. The molecule has 2 N–H and O–H groups in total. The Labute approximate surface area is 121 Å². The molecule has 0 saturated heterocycles. The Morgan fingerprint density at radius 3 is 2.50 bits per heavy atom. The van der Waals surface area contributed by atoms with Gasteiger partial charge in [0.25, 0.3) is 0 Å². The van der Waals surface area contributed by atoms with Gasteiger partial charge in [0.1, 0.15) is 5.75 Å². The lowest BCUT2D eigenvalue weighted by Gasteiger charge is -2.31. The third-order valence-electron chi connectivity index (χ3n) is 4.01. The fourth-order valence-corrected chi connectivity index (χ4v) is 4.33. The van der Waals surface area contributed by atoms with E-state index >= 15 is 0 Å². The van der Waals surface area contributed by atoms with Gasteiger partial charge >= 0.3 is 0 Å². The maximum atomic E-state index is 11.8. The molecule has 0 aliphatic heterocycles. The standard InChI is InChI=1S/C15H23NO3S/c1-20(18,19)15-5-3-2-4-14(15)16-11-10-12-6-8-13(17)9-7-12/h6-9,14-17H,2-5,10-11H2,1H3. The molecule has 0 heterocycles. The van der Waals surface area contributed by atoms with Crippen molar-refractivity contribution in [3.05, 3.63) is 29.8 Å². The fourth-order valence-electron chi connectivity index (χ4n) is 2.91. The number of aromatic hydroxyl groups is 1. The van der Waals surface area contributed by atoms with Gasteiger partial charge in [-0.2, -0.15) is 0 Å². The van der Waals surface area contributed by atoms with Crippen molar-refractivity contribution in [3.8, 4) is 5.75 Å². The highest BCUT2D eigenvalue weighted by atomic mass is 32.2. The van der Waals surface area contributed by atoms with Crippen molar-refractivity contribution in [2.75, 3.05) is 12.8 Å². The number of hydrogen-bond acceptors (Lipinski definition) is 4. The van der Waals surface area contributed by atoms with Gasteiger partial charge in [-0.05, 0) is 43.5 Å². The molecule has 2 unspecified atom stereocenters. The monoisotopic (exact) mass is 297 g/mol. The van der Waals surface area contributed by atoms with Crippen LogP contribution in [-0.4, -0.2) is 37.6 Å². The summed E-state index contributed by atoms with van der Waals surface area (Å²) in [5.74, 6) is 0.270. The average molecular weight is 297 g/mol. The van der Waals surface area contributed by atoms with Crippen LogP contribution in [0.15, 0.2) is 24.3 Å². The van der Waals surface area contributed by atoms with E-state index in [9.17, 15) is 13.5 Å². The van der Waals surface area contributed by atoms with Crippen LogP contribution in [0.4, 0.5) is 0 Å². The van der Waals surface area contributed by atoms with E-state index in [1.165, 1.54) is 6.26 Å².